The number of hydrogen-bond acceptors (Lipinski definition) is 2. The van der Waals surface area contributed by atoms with Gasteiger partial charge in [-0.2, -0.15) is 0 Å². The number of nitrogens with zero attached hydrogens (tertiary/aromatic N) is 1. The summed E-state index contributed by atoms with van der Waals surface area (Å²) in [6.07, 6.45) is 2.64. The molecule has 0 aromatic heterocycles. The van der Waals surface area contributed by atoms with Crippen LogP contribution >= 0.6 is 0 Å². The van der Waals surface area contributed by atoms with E-state index in [0.29, 0.717) is 0 Å². The molecular formula is C12H18N2. The molecule has 0 radical (unpaired) electrons. The van der Waals surface area contributed by atoms with Crippen molar-refractivity contribution in [2.45, 2.75) is 25.8 Å². The van der Waals surface area contributed by atoms with Gasteiger partial charge >= 0.3 is 0 Å². The van der Waals surface area contributed by atoms with Crippen molar-refractivity contribution >= 4 is 5.69 Å². The Labute approximate surface area is 85.7 Å². The number of hydrogen-bond donors (Lipinski definition) is 1. The van der Waals surface area contributed by atoms with Gasteiger partial charge in [-0.3, -0.25) is 0 Å². The van der Waals surface area contributed by atoms with E-state index in [1.54, 1.807) is 0 Å². The van der Waals surface area contributed by atoms with Crippen molar-refractivity contribution in [3.05, 3.63) is 29.8 Å². The Morgan fingerprint density at radius 1 is 1.29 bits per heavy atom. The highest BCUT2D eigenvalue weighted by molar-refractivity contribution is 5.49. The Bertz CT molecular complexity index is 301. The summed E-state index contributed by atoms with van der Waals surface area (Å²) in [4.78, 5) is 2.44. The maximum Gasteiger partial charge on any atom is 0.0369 e. The first-order valence-corrected chi connectivity index (χ1v) is 5.38. The Kier molecular flexibility index (Phi) is 2.73. The number of nitrogens with two attached hydrogens (primary N) is 1. The summed E-state index contributed by atoms with van der Waals surface area (Å²) in [5.41, 5.74) is 8.42. The third-order valence-electron chi connectivity index (χ3n) is 2.87. The third kappa shape index (κ3) is 1.90. The second kappa shape index (κ2) is 4.01. The average Bonchev–Trinajstić information content (AvgIpc) is 2.71. The molecule has 0 unspecified atom stereocenters. The van der Waals surface area contributed by atoms with Crippen molar-refractivity contribution in [1.29, 1.82) is 0 Å². The van der Waals surface area contributed by atoms with Crippen LogP contribution in [0, 0.1) is 0 Å². The van der Waals surface area contributed by atoms with Gasteiger partial charge < -0.3 is 10.6 Å². The molecule has 14 heavy (non-hydrogen) atoms. The molecule has 1 aromatic rings. The molecule has 0 aliphatic carbocycles. The van der Waals surface area contributed by atoms with Gasteiger partial charge in [-0.15, -0.1) is 0 Å². The van der Waals surface area contributed by atoms with Crippen LogP contribution in [-0.2, 0) is 0 Å². The fourth-order valence-electron chi connectivity index (χ4n) is 1.98. The van der Waals surface area contributed by atoms with E-state index in [4.69, 9.17) is 5.73 Å². The predicted molar refractivity (Wildman–Crippen MR) is 60.5 cm³/mol. The van der Waals surface area contributed by atoms with Gasteiger partial charge in [-0.05, 0) is 37.5 Å². The summed E-state index contributed by atoms with van der Waals surface area (Å²) in [5.74, 6) is 0. The van der Waals surface area contributed by atoms with E-state index >= 15 is 0 Å². The summed E-state index contributed by atoms with van der Waals surface area (Å²) in [7, 11) is 0. The Morgan fingerprint density at radius 3 is 2.64 bits per heavy atom. The van der Waals surface area contributed by atoms with Crippen LogP contribution in [0.5, 0.6) is 0 Å². The summed E-state index contributed by atoms with van der Waals surface area (Å²) in [6.45, 7) is 4.42. The van der Waals surface area contributed by atoms with Crippen molar-refractivity contribution < 1.29 is 0 Å². The molecule has 1 fully saturated rings. The van der Waals surface area contributed by atoms with Crippen LogP contribution in [0.3, 0.4) is 0 Å². The van der Waals surface area contributed by atoms with Crippen LogP contribution < -0.4 is 10.6 Å². The molecule has 0 spiro atoms. The second-order valence-electron chi connectivity index (χ2n) is 4.08. The van der Waals surface area contributed by atoms with Crippen LogP contribution in [0.1, 0.15) is 31.4 Å². The molecule has 1 saturated heterocycles. The standard InChI is InChI=1S/C12H18N2/c1-10(13)11-5-4-6-12(9-11)14-7-2-3-8-14/h4-6,9-10H,2-3,7-8,13H2,1H3/t10-/m1/s1. The first-order valence-electron chi connectivity index (χ1n) is 5.38. The Balaban J connectivity index is 2.21. The molecular weight excluding hydrogens is 172 g/mol. The van der Waals surface area contributed by atoms with E-state index in [2.05, 4.69) is 29.2 Å². The van der Waals surface area contributed by atoms with Crippen molar-refractivity contribution in [1.82, 2.24) is 0 Å². The maximum atomic E-state index is 5.86. The lowest BCUT2D eigenvalue weighted by atomic mass is 10.1. The van der Waals surface area contributed by atoms with Gasteiger partial charge in [0.25, 0.3) is 0 Å². The van der Waals surface area contributed by atoms with Gasteiger partial charge in [-0.25, -0.2) is 0 Å². The molecule has 1 heterocycles. The molecule has 2 nitrogen and oxygen atoms in total. The normalized spacial score (nSPS) is 18.6. The topological polar surface area (TPSA) is 29.3 Å². The van der Waals surface area contributed by atoms with E-state index in [0.717, 1.165) is 0 Å². The zero-order valence-electron chi connectivity index (χ0n) is 8.74. The lowest BCUT2D eigenvalue weighted by Gasteiger charge is -2.19. The van der Waals surface area contributed by atoms with Crippen LogP contribution in [-0.4, -0.2) is 13.1 Å². The van der Waals surface area contributed by atoms with Gasteiger partial charge in [0.1, 0.15) is 0 Å². The van der Waals surface area contributed by atoms with Gasteiger partial charge in [0.2, 0.25) is 0 Å². The summed E-state index contributed by atoms with van der Waals surface area (Å²) in [5, 5.41) is 0. The lowest BCUT2D eigenvalue weighted by molar-refractivity contribution is 0.816. The van der Waals surface area contributed by atoms with Crippen molar-refractivity contribution in [2.24, 2.45) is 5.73 Å². The fourth-order valence-corrected chi connectivity index (χ4v) is 1.98. The summed E-state index contributed by atoms with van der Waals surface area (Å²) in [6, 6.07) is 8.74. The number of benzene rings is 1. The monoisotopic (exact) mass is 190 g/mol. The minimum absolute atomic E-state index is 0.137. The maximum absolute atomic E-state index is 5.86. The summed E-state index contributed by atoms with van der Waals surface area (Å²) >= 11 is 0. The van der Waals surface area contributed by atoms with Crippen LogP contribution in [0.25, 0.3) is 0 Å². The zero-order chi connectivity index (χ0) is 9.97. The Hall–Kier alpha value is -1.02. The van der Waals surface area contributed by atoms with Crippen LogP contribution in [0.2, 0.25) is 0 Å². The first kappa shape index (κ1) is 9.53. The minimum Gasteiger partial charge on any atom is -0.372 e. The van der Waals surface area contributed by atoms with Crippen molar-refractivity contribution in [2.75, 3.05) is 18.0 Å². The molecule has 2 heteroatoms. The summed E-state index contributed by atoms with van der Waals surface area (Å²) < 4.78 is 0. The van der Waals surface area contributed by atoms with Gasteiger partial charge in [0, 0.05) is 24.8 Å². The molecule has 1 aliphatic heterocycles. The molecule has 1 aliphatic rings. The molecule has 1 aromatic carbocycles. The molecule has 0 saturated carbocycles. The SMILES string of the molecule is C[C@@H](N)c1cccc(N2CCCC2)c1. The lowest BCUT2D eigenvalue weighted by Crippen LogP contribution is -2.18. The molecule has 0 amide bonds. The van der Waals surface area contributed by atoms with Gasteiger partial charge in [0.15, 0.2) is 0 Å². The highest BCUT2D eigenvalue weighted by Crippen LogP contribution is 2.22. The zero-order valence-corrected chi connectivity index (χ0v) is 8.74. The first-order chi connectivity index (χ1) is 6.77. The molecule has 76 valence electrons. The molecule has 2 rings (SSSR count). The van der Waals surface area contributed by atoms with E-state index in [1.165, 1.54) is 37.2 Å². The third-order valence-corrected chi connectivity index (χ3v) is 2.87. The highest BCUT2D eigenvalue weighted by Gasteiger charge is 2.12. The molecule has 1 atom stereocenters. The van der Waals surface area contributed by atoms with Gasteiger partial charge in [0.05, 0.1) is 0 Å². The second-order valence-corrected chi connectivity index (χ2v) is 4.08. The van der Waals surface area contributed by atoms with Crippen LogP contribution in [0.4, 0.5) is 5.69 Å². The van der Waals surface area contributed by atoms with E-state index in [-0.39, 0.29) is 6.04 Å². The van der Waals surface area contributed by atoms with Crippen molar-refractivity contribution in [3.63, 3.8) is 0 Å². The quantitative estimate of drug-likeness (QED) is 0.775. The minimum atomic E-state index is 0.137. The predicted octanol–water partition coefficient (Wildman–Crippen LogP) is 2.31. The van der Waals surface area contributed by atoms with Crippen LogP contribution in [0.15, 0.2) is 24.3 Å². The smallest absolute Gasteiger partial charge is 0.0369 e. The fraction of sp³-hybridized carbons (Fsp3) is 0.500. The number of anilines is 1. The van der Waals surface area contributed by atoms with E-state index in [1.807, 2.05) is 6.92 Å². The van der Waals surface area contributed by atoms with Crippen molar-refractivity contribution in [3.8, 4) is 0 Å². The highest BCUT2D eigenvalue weighted by atomic mass is 15.1. The molecule has 0 bridgehead atoms. The average molecular weight is 190 g/mol. The van der Waals surface area contributed by atoms with Gasteiger partial charge in [-0.1, -0.05) is 12.1 Å². The molecule has 2 N–H and O–H groups in total. The van der Waals surface area contributed by atoms with E-state index < -0.39 is 0 Å². The number of rotatable bonds is 2. The Morgan fingerprint density at radius 2 is 2.00 bits per heavy atom. The van der Waals surface area contributed by atoms with E-state index in [9.17, 15) is 0 Å². The largest absolute Gasteiger partial charge is 0.372 e.